The lowest BCUT2D eigenvalue weighted by molar-refractivity contribution is -0.137. The maximum absolute atomic E-state index is 13.2. The normalized spacial score (nSPS) is 15.1. The van der Waals surface area contributed by atoms with Crippen LogP contribution in [-0.4, -0.2) is 46.9 Å². The van der Waals surface area contributed by atoms with E-state index in [0.717, 1.165) is 49.2 Å². The van der Waals surface area contributed by atoms with Gasteiger partial charge in [0.1, 0.15) is 0 Å². The molecular formula is C31H31F3N4. The summed E-state index contributed by atoms with van der Waals surface area (Å²) in [5.41, 5.74) is 5.01. The molecule has 2 heterocycles. The quantitative estimate of drug-likeness (QED) is 0.262. The van der Waals surface area contributed by atoms with Crippen LogP contribution in [0.3, 0.4) is 0 Å². The lowest BCUT2D eigenvalue weighted by atomic mass is 9.96. The fraction of sp³-hybridized carbons (Fsp3) is 0.258. The first-order valence-electron chi connectivity index (χ1n) is 12.8. The number of hydrogen-bond donors (Lipinski definition) is 0. The number of hydrazone groups is 1. The molecule has 3 aromatic carbocycles. The summed E-state index contributed by atoms with van der Waals surface area (Å²) in [6.07, 6.45) is -2.55. The Morgan fingerprint density at radius 3 is 1.95 bits per heavy atom. The van der Waals surface area contributed by atoms with Crippen LogP contribution in [-0.2, 0) is 6.18 Å². The van der Waals surface area contributed by atoms with Gasteiger partial charge in [-0.3, -0.25) is 9.91 Å². The fourth-order valence-electron chi connectivity index (χ4n) is 5.25. The summed E-state index contributed by atoms with van der Waals surface area (Å²) in [5.74, 6) is 0. The third-order valence-corrected chi connectivity index (χ3v) is 7.15. The number of halogens is 3. The van der Waals surface area contributed by atoms with E-state index in [1.54, 1.807) is 6.07 Å². The van der Waals surface area contributed by atoms with E-state index < -0.39 is 11.7 Å². The molecule has 0 spiro atoms. The van der Waals surface area contributed by atoms with Crippen molar-refractivity contribution in [3.05, 3.63) is 125 Å². The van der Waals surface area contributed by atoms with Crippen LogP contribution in [0.4, 0.5) is 13.2 Å². The van der Waals surface area contributed by atoms with Crippen molar-refractivity contribution in [2.75, 3.05) is 26.2 Å². The molecule has 1 fully saturated rings. The van der Waals surface area contributed by atoms with Crippen molar-refractivity contribution >= 4 is 6.21 Å². The average molecular weight is 517 g/mol. The Balaban J connectivity index is 1.30. The summed E-state index contributed by atoms with van der Waals surface area (Å²) >= 11 is 0. The predicted molar refractivity (Wildman–Crippen MR) is 146 cm³/mol. The maximum Gasteiger partial charge on any atom is 0.416 e. The molecule has 4 aromatic rings. The summed E-state index contributed by atoms with van der Waals surface area (Å²) in [5, 5.41) is 6.82. The van der Waals surface area contributed by atoms with Crippen molar-refractivity contribution in [2.45, 2.75) is 26.1 Å². The highest BCUT2D eigenvalue weighted by Gasteiger charge is 2.31. The van der Waals surface area contributed by atoms with Gasteiger partial charge in [-0.25, -0.2) is 0 Å². The van der Waals surface area contributed by atoms with Crippen molar-refractivity contribution in [1.82, 2.24) is 14.5 Å². The predicted octanol–water partition coefficient (Wildman–Crippen LogP) is 6.85. The monoisotopic (exact) mass is 516 g/mol. The summed E-state index contributed by atoms with van der Waals surface area (Å²) in [7, 11) is 0. The van der Waals surface area contributed by atoms with Gasteiger partial charge in [0.2, 0.25) is 0 Å². The molecule has 0 unspecified atom stereocenters. The van der Waals surface area contributed by atoms with Gasteiger partial charge in [0.15, 0.2) is 0 Å². The molecule has 1 aliphatic rings. The van der Waals surface area contributed by atoms with Crippen LogP contribution in [0.25, 0.3) is 5.69 Å². The van der Waals surface area contributed by atoms with E-state index >= 15 is 0 Å². The minimum absolute atomic E-state index is 0.190. The van der Waals surface area contributed by atoms with E-state index in [-0.39, 0.29) is 6.04 Å². The first kappa shape index (κ1) is 25.8. The molecule has 7 heteroatoms. The Bertz CT molecular complexity index is 1350. The topological polar surface area (TPSA) is 23.8 Å². The number of aromatic nitrogens is 1. The van der Waals surface area contributed by atoms with Crippen LogP contribution >= 0.6 is 0 Å². The van der Waals surface area contributed by atoms with Crippen LogP contribution in [0.5, 0.6) is 0 Å². The van der Waals surface area contributed by atoms with E-state index in [4.69, 9.17) is 5.10 Å². The van der Waals surface area contributed by atoms with Gasteiger partial charge < -0.3 is 4.57 Å². The molecule has 1 aliphatic heterocycles. The Hall–Kier alpha value is -3.84. The molecule has 4 nitrogen and oxygen atoms in total. The molecule has 5 rings (SSSR count). The number of benzene rings is 3. The van der Waals surface area contributed by atoms with Crippen LogP contribution in [0, 0.1) is 13.8 Å². The molecule has 0 aliphatic carbocycles. The number of alkyl halides is 3. The minimum Gasteiger partial charge on any atom is -0.318 e. The van der Waals surface area contributed by atoms with Crippen molar-refractivity contribution in [2.24, 2.45) is 5.10 Å². The Morgan fingerprint density at radius 1 is 0.763 bits per heavy atom. The van der Waals surface area contributed by atoms with Gasteiger partial charge in [-0.05, 0) is 49.2 Å². The summed E-state index contributed by atoms with van der Waals surface area (Å²) in [6.45, 7) is 7.13. The lowest BCUT2D eigenvalue weighted by Gasteiger charge is -2.38. The summed E-state index contributed by atoms with van der Waals surface area (Å²) in [4.78, 5) is 2.50. The smallest absolute Gasteiger partial charge is 0.318 e. The molecule has 0 N–H and O–H groups in total. The first-order valence-corrected chi connectivity index (χ1v) is 12.8. The van der Waals surface area contributed by atoms with Crippen LogP contribution in [0.15, 0.2) is 96.1 Å². The third kappa shape index (κ3) is 5.53. The second-order valence-electron chi connectivity index (χ2n) is 9.67. The van der Waals surface area contributed by atoms with E-state index in [1.807, 2.05) is 42.8 Å². The SMILES string of the molecule is Cc1cc(C=NN2CCN(C(c3ccccc3)c3ccccc3)CC2)c(C)n1-c1cccc(C(F)(F)F)c1. The maximum atomic E-state index is 13.2. The summed E-state index contributed by atoms with van der Waals surface area (Å²) < 4.78 is 41.6. The molecule has 0 bridgehead atoms. The van der Waals surface area contributed by atoms with E-state index in [0.29, 0.717) is 5.69 Å². The molecule has 196 valence electrons. The molecule has 0 atom stereocenters. The van der Waals surface area contributed by atoms with Gasteiger partial charge in [0.25, 0.3) is 0 Å². The van der Waals surface area contributed by atoms with Crippen LogP contribution in [0.1, 0.15) is 39.7 Å². The zero-order valence-electron chi connectivity index (χ0n) is 21.6. The molecule has 38 heavy (non-hydrogen) atoms. The van der Waals surface area contributed by atoms with Crippen molar-refractivity contribution in [1.29, 1.82) is 0 Å². The number of aryl methyl sites for hydroxylation is 1. The lowest BCUT2D eigenvalue weighted by Crippen LogP contribution is -2.45. The van der Waals surface area contributed by atoms with Crippen molar-refractivity contribution in [3.63, 3.8) is 0 Å². The Labute approximate surface area is 221 Å². The Kier molecular flexibility index (Phi) is 7.38. The molecule has 1 aromatic heterocycles. The number of piperazine rings is 1. The van der Waals surface area contributed by atoms with E-state index in [2.05, 4.69) is 58.4 Å². The fourth-order valence-corrected chi connectivity index (χ4v) is 5.25. The highest BCUT2D eigenvalue weighted by molar-refractivity contribution is 5.82. The molecule has 1 saturated heterocycles. The molecular weight excluding hydrogens is 485 g/mol. The van der Waals surface area contributed by atoms with E-state index in [9.17, 15) is 13.2 Å². The van der Waals surface area contributed by atoms with Gasteiger partial charge >= 0.3 is 6.18 Å². The largest absolute Gasteiger partial charge is 0.416 e. The van der Waals surface area contributed by atoms with Gasteiger partial charge in [0.05, 0.1) is 17.8 Å². The van der Waals surface area contributed by atoms with Gasteiger partial charge in [-0.15, -0.1) is 0 Å². The average Bonchev–Trinajstić information content (AvgIpc) is 3.21. The van der Waals surface area contributed by atoms with E-state index in [1.165, 1.54) is 23.3 Å². The zero-order chi connectivity index (χ0) is 26.7. The molecule has 0 saturated carbocycles. The van der Waals surface area contributed by atoms with Crippen LogP contribution < -0.4 is 0 Å². The highest BCUT2D eigenvalue weighted by Crippen LogP contribution is 2.32. The zero-order valence-corrected chi connectivity index (χ0v) is 21.6. The number of rotatable bonds is 6. The van der Waals surface area contributed by atoms with Crippen LogP contribution in [0.2, 0.25) is 0 Å². The Morgan fingerprint density at radius 2 is 1.37 bits per heavy atom. The van der Waals surface area contributed by atoms with Gasteiger partial charge in [-0.2, -0.15) is 18.3 Å². The highest BCUT2D eigenvalue weighted by atomic mass is 19.4. The third-order valence-electron chi connectivity index (χ3n) is 7.15. The molecule has 0 amide bonds. The van der Waals surface area contributed by atoms with Gasteiger partial charge in [-0.1, -0.05) is 66.7 Å². The summed E-state index contributed by atoms with van der Waals surface area (Å²) in [6, 6.07) is 28.8. The standard InChI is InChI=1S/C31H31F3N4/c1-23-20-27(24(2)38(23)29-15-9-14-28(21-29)31(32,33)34)22-35-37-18-16-36(17-19-37)30(25-10-5-3-6-11-25)26-12-7-4-8-13-26/h3-15,20-22,30H,16-19H2,1-2H3. The van der Waals surface area contributed by atoms with Gasteiger partial charge in [0, 0.05) is 48.8 Å². The second kappa shape index (κ2) is 10.9. The second-order valence-corrected chi connectivity index (χ2v) is 9.67. The first-order chi connectivity index (χ1) is 18.3. The van der Waals surface area contributed by atoms with Crippen molar-refractivity contribution in [3.8, 4) is 5.69 Å². The molecule has 0 radical (unpaired) electrons. The minimum atomic E-state index is -4.38. The number of nitrogens with zero attached hydrogens (tertiary/aromatic N) is 4. The number of hydrogen-bond acceptors (Lipinski definition) is 3. The van der Waals surface area contributed by atoms with Crippen molar-refractivity contribution < 1.29 is 13.2 Å².